The molecule has 0 saturated carbocycles. The molecule has 1 N–H and O–H groups in total. The van der Waals surface area contributed by atoms with Gasteiger partial charge >= 0.3 is 0 Å². The van der Waals surface area contributed by atoms with Crippen molar-refractivity contribution in [2.45, 2.75) is 7.43 Å². The van der Waals surface area contributed by atoms with E-state index in [4.69, 9.17) is 10.5 Å². The molecular formula is C35H37Br2F3N6U. The molecule has 246 valence electrons. The Morgan fingerprint density at radius 3 is 1.38 bits per heavy atom. The number of benzene rings is 4. The van der Waals surface area contributed by atoms with Crippen molar-refractivity contribution in [2.75, 3.05) is 67.1 Å². The second-order valence-corrected chi connectivity index (χ2v) is 12.0. The van der Waals surface area contributed by atoms with E-state index < -0.39 is 17.5 Å². The molecule has 0 amide bonds. The molecule has 2 heterocycles. The Bertz CT molecular complexity index is 1640. The first-order valence-corrected chi connectivity index (χ1v) is 15.9. The smallest absolute Gasteiger partial charge is 0.143 e. The maximum absolute atomic E-state index is 13.7. The first-order valence-electron chi connectivity index (χ1n) is 14.3. The van der Waals surface area contributed by atoms with Crippen molar-refractivity contribution in [1.29, 1.82) is 10.5 Å². The molecule has 47 heavy (non-hydrogen) atoms. The van der Waals surface area contributed by atoms with E-state index in [0.717, 1.165) is 79.1 Å². The predicted octanol–water partition coefficient (Wildman–Crippen LogP) is 8.36. The largest absolute Gasteiger partial charge is 0.369 e. The Morgan fingerprint density at radius 1 is 0.574 bits per heavy atom. The van der Waals surface area contributed by atoms with E-state index in [1.807, 2.05) is 24.3 Å². The van der Waals surface area contributed by atoms with Gasteiger partial charge in [0.05, 0.1) is 11.1 Å². The van der Waals surface area contributed by atoms with Crippen LogP contribution in [-0.2, 0) is 0 Å². The average Bonchev–Trinajstić information content (AvgIpc) is 3.07. The fourth-order valence-electron chi connectivity index (χ4n) is 4.82. The number of anilines is 3. The third kappa shape index (κ3) is 12.2. The molecular weight excluding hydrogens is 959 g/mol. The summed E-state index contributed by atoms with van der Waals surface area (Å²) in [6.07, 6.45) is 0. The molecule has 2 aliphatic rings. The minimum atomic E-state index is -0.817. The standard InChI is InChI=1S/C17H15BrFN3.C10H13BrN2.C7H3F2N.CH4.U.H2/c18-14-2-5-15(6-3-14)21-7-9-22(10-8-21)16-4-1-13(12-20)17(19)11-16;11-9-1-3-10(4-2-9)13-7-5-12-6-8-13;8-6-2-1-5(4-10)7(9)3-6;;;/h1-6,11H,7-10H2;1-4,12H,5-8H2;1-3H;1H4;;1H/i;;;;;1+2. The molecule has 0 radical (unpaired) electrons. The number of nitrogens with zero attached hydrogens (tertiary/aromatic N) is 5. The third-order valence-electron chi connectivity index (χ3n) is 7.27. The molecule has 6 nitrogen and oxygen atoms in total. The van der Waals surface area contributed by atoms with Crippen molar-refractivity contribution in [1.82, 2.24) is 5.32 Å². The van der Waals surface area contributed by atoms with Crippen LogP contribution >= 0.6 is 31.9 Å². The van der Waals surface area contributed by atoms with Crippen LogP contribution in [0.4, 0.5) is 30.2 Å². The van der Waals surface area contributed by atoms with Gasteiger partial charge in [0.2, 0.25) is 0 Å². The Kier molecular flexibility index (Phi) is 17.4. The van der Waals surface area contributed by atoms with Gasteiger partial charge in [-0.25, -0.2) is 13.2 Å². The summed E-state index contributed by atoms with van der Waals surface area (Å²) in [5.74, 6) is -1.94. The minimum Gasteiger partial charge on any atom is -0.369 e. The molecule has 2 aliphatic heterocycles. The Morgan fingerprint density at radius 2 is 0.957 bits per heavy atom. The van der Waals surface area contributed by atoms with E-state index in [9.17, 15) is 13.2 Å². The van der Waals surface area contributed by atoms with Crippen molar-refractivity contribution < 1.29 is 45.7 Å². The van der Waals surface area contributed by atoms with Crippen LogP contribution in [0.25, 0.3) is 0 Å². The van der Waals surface area contributed by atoms with Gasteiger partial charge < -0.3 is 20.0 Å². The van der Waals surface area contributed by atoms with Crippen LogP contribution < -0.4 is 20.0 Å². The summed E-state index contributed by atoms with van der Waals surface area (Å²) in [6, 6.07) is 27.9. The molecule has 0 unspecified atom stereocenters. The summed E-state index contributed by atoms with van der Waals surface area (Å²) < 4.78 is 40.5. The summed E-state index contributed by atoms with van der Waals surface area (Å²) in [4.78, 5) is 6.88. The molecule has 0 aromatic heterocycles. The van der Waals surface area contributed by atoms with Crippen LogP contribution in [0.2, 0.25) is 0 Å². The number of rotatable bonds is 3. The number of nitrogens with one attached hydrogen (secondary N) is 1. The van der Waals surface area contributed by atoms with E-state index in [2.05, 4.69) is 88.3 Å². The van der Waals surface area contributed by atoms with Gasteiger partial charge in [-0.1, -0.05) is 39.3 Å². The quantitative estimate of drug-likeness (QED) is 0.223. The van der Waals surface area contributed by atoms with Crippen LogP contribution in [0.15, 0.2) is 93.9 Å². The first kappa shape index (κ1) is 40.2. The Labute approximate surface area is 317 Å². The van der Waals surface area contributed by atoms with Crippen molar-refractivity contribution in [2.24, 2.45) is 0 Å². The van der Waals surface area contributed by atoms with E-state index in [0.29, 0.717) is 6.07 Å². The van der Waals surface area contributed by atoms with Crippen molar-refractivity contribution in [3.8, 4) is 12.1 Å². The molecule has 0 spiro atoms. The molecule has 0 aliphatic carbocycles. The monoisotopic (exact) mass is 996 g/mol. The van der Waals surface area contributed by atoms with Crippen molar-refractivity contribution in [3.05, 3.63) is 122 Å². The first-order chi connectivity index (χ1) is 21.8. The third-order valence-corrected chi connectivity index (χ3v) is 8.33. The zero-order valence-electron chi connectivity index (χ0n) is 24.9. The molecule has 0 bridgehead atoms. The summed E-state index contributed by atoms with van der Waals surface area (Å²) in [5.41, 5.74) is 3.32. The fraction of sp³-hybridized carbons (Fsp3) is 0.257. The topological polar surface area (TPSA) is 69.3 Å². The summed E-state index contributed by atoms with van der Waals surface area (Å²) in [5, 5.41) is 20.3. The van der Waals surface area contributed by atoms with Gasteiger partial charge in [0.25, 0.3) is 0 Å². The van der Waals surface area contributed by atoms with E-state index >= 15 is 0 Å². The van der Waals surface area contributed by atoms with E-state index in [-0.39, 0.29) is 51.1 Å². The second kappa shape index (κ2) is 20.4. The van der Waals surface area contributed by atoms with Crippen molar-refractivity contribution in [3.63, 3.8) is 0 Å². The van der Waals surface area contributed by atoms with Gasteiger partial charge in [-0.15, -0.1) is 0 Å². The summed E-state index contributed by atoms with van der Waals surface area (Å²) in [7, 11) is 0. The normalized spacial score (nSPS) is 13.6. The van der Waals surface area contributed by atoms with Gasteiger partial charge in [-0.05, 0) is 78.9 Å². The van der Waals surface area contributed by atoms with Crippen LogP contribution in [0.5, 0.6) is 0 Å². The predicted molar refractivity (Wildman–Crippen MR) is 189 cm³/mol. The van der Waals surface area contributed by atoms with Gasteiger partial charge in [0.15, 0.2) is 0 Å². The van der Waals surface area contributed by atoms with Crippen LogP contribution in [0.3, 0.4) is 0 Å². The molecule has 0 atom stereocenters. The number of hydrogen-bond acceptors (Lipinski definition) is 6. The molecule has 12 heteroatoms. The molecule has 2 saturated heterocycles. The SMILES string of the molecule is Brc1ccc(N2CCNCC2)cc1.C.N#Cc1ccc(F)cc1F.N#Cc1ccc(N2CCN(c3ccc(Br)cc3)CC2)cc1F.[3HH].[U]. The Balaban J connectivity index is 0.000000381. The maximum Gasteiger partial charge on any atom is 0.143 e. The summed E-state index contributed by atoms with van der Waals surface area (Å²) in [6.45, 7) is 7.87. The second-order valence-electron chi connectivity index (χ2n) is 10.2. The van der Waals surface area contributed by atoms with Gasteiger partial charge in [0, 0.05) is 117 Å². The number of hydrogen-bond donors (Lipinski definition) is 1. The molecule has 6 rings (SSSR count). The minimum absolute atomic E-state index is 0. The van der Waals surface area contributed by atoms with Gasteiger partial charge in [-0.2, -0.15) is 10.5 Å². The van der Waals surface area contributed by atoms with Crippen molar-refractivity contribution >= 4 is 48.9 Å². The van der Waals surface area contributed by atoms with Crippen LogP contribution in [0, 0.1) is 71.2 Å². The number of nitriles is 2. The van der Waals surface area contributed by atoms with E-state index in [1.54, 1.807) is 12.1 Å². The van der Waals surface area contributed by atoms with Gasteiger partial charge in [-0.3, -0.25) is 0 Å². The maximum atomic E-state index is 13.7. The Hall–Kier alpha value is -2.98. The van der Waals surface area contributed by atoms with Crippen LogP contribution in [0.1, 0.15) is 20.0 Å². The molecule has 2 fully saturated rings. The van der Waals surface area contributed by atoms with Crippen LogP contribution in [-0.4, -0.2) is 52.4 Å². The zero-order valence-corrected chi connectivity index (χ0v) is 32.2. The average molecular weight is 999 g/mol. The number of piperazine rings is 2. The molecule has 4 aromatic rings. The fourth-order valence-corrected chi connectivity index (χ4v) is 5.35. The zero-order chi connectivity index (χ0) is 32.2. The summed E-state index contributed by atoms with van der Waals surface area (Å²) >= 11 is 6.88. The molecule has 4 aromatic carbocycles. The van der Waals surface area contributed by atoms with Gasteiger partial charge in [0.1, 0.15) is 29.6 Å². The number of halogens is 5. The van der Waals surface area contributed by atoms with E-state index in [1.165, 1.54) is 17.4 Å².